The molecule has 1 heterocycles. The number of anilines is 3. The highest BCUT2D eigenvalue weighted by molar-refractivity contribution is 6.15. The van der Waals surface area contributed by atoms with Crippen molar-refractivity contribution in [1.29, 1.82) is 0 Å². The van der Waals surface area contributed by atoms with E-state index >= 15 is 0 Å². The number of nitrogens with zero attached hydrogens (tertiary/aromatic N) is 2. The SMILES string of the molecule is c1ccc(-c2ccccc2N(c2ccc(-c3ccccc3-n3c4ccccc4c4ccccc43)cc2)c2cc3ccccc3c3ccccc23)cc1. The molecule has 2 heteroatoms. The molecule has 0 saturated heterocycles. The van der Waals surface area contributed by atoms with Crippen LogP contribution in [0.4, 0.5) is 17.1 Å². The minimum absolute atomic E-state index is 1.10. The topological polar surface area (TPSA) is 8.17 Å². The zero-order valence-electron chi connectivity index (χ0n) is 28.5. The lowest BCUT2D eigenvalue weighted by Crippen LogP contribution is -2.12. The molecule has 0 aliphatic rings. The lowest BCUT2D eigenvalue weighted by molar-refractivity contribution is 1.18. The van der Waals surface area contributed by atoms with Gasteiger partial charge in [-0.1, -0.05) is 164 Å². The molecule has 10 rings (SSSR count). The number of rotatable bonds is 6. The van der Waals surface area contributed by atoms with E-state index in [1.165, 1.54) is 71.3 Å². The van der Waals surface area contributed by atoms with E-state index in [0.29, 0.717) is 0 Å². The highest BCUT2D eigenvalue weighted by Crippen LogP contribution is 2.46. The largest absolute Gasteiger partial charge is 0.309 e. The third-order valence-electron chi connectivity index (χ3n) is 10.4. The first-order valence-electron chi connectivity index (χ1n) is 17.9. The van der Waals surface area contributed by atoms with Gasteiger partial charge in [0.05, 0.1) is 28.1 Å². The Hall–Kier alpha value is -6.90. The van der Waals surface area contributed by atoms with Gasteiger partial charge in [0.25, 0.3) is 0 Å². The lowest BCUT2D eigenvalue weighted by atomic mass is 9.97. The normalized spacial score (nSPS) is 11.5. The van der Waals surface area contributed by atoms with Crippen LogP contribution in [0, 0.1) is 0 Å². The Morgan fingerprint density at radius 1 is 0.327 bits per heavy atom. The highest BCUT2D eigenvalue weighted by atomic mass is 15.1. The fourth-order valence-electron chi connectivity index (χ4n) is 8.04. The van der Waals surface area contributed by atoms with E-state index < -0.39 is 0 Å². The smallest absolute Gasteiger partial charge is 0.0546 e. The Morgan fingerprint density at radius 3 is 1.58 bits per heavy atom. The molecule has 0 amide bonds. The van der Waals surface area contributed by atoms with Crippen molar-refractivity contribution in [3.05, 3.63) is 206 Å². The van der Waals surface area contributed by atoms with Gasteiger partial charge >= 0.3 is 0 Å². The maximum absolute atomic E-state index is 2.44. The van der Waals surface area contributed by atoms with Crippen molar-refractivity contribution < 1.29 is 0 Å². The summed E-state index contributed by atoms with van der Waals surface area (Å²) in [6, 6.07) is 74.7. The molecule has 0 unspecified atom stereocenters. The van der Waals surface area contributed by atoms with E-state index in [1.807, 2.05) is 0 Å². The van der Waals surface area contributed by atoms with Crippen LogP contribution < -0.4 is 4.90 Å². The summed E-state index contributed by atoms with van der Waals surface area (Å²) in [6.45, 7) is 0. The standard InChI is InChI=1S/C50H34N2/c1-2-16-35(17-3-1)40-20-8-12-26-46(40)51(50-34-37-18-4-5-19-39(37)42-22-6-7-23-43(42)50)38-32-30-36(31-33-38)41-21-9-13-27-47(41)52-48-28-14-10-24-44(48)45-25-11-15-29-49(45)52/h1-34H. The Labute approximate surface area is 303 Å². The molecule has 244 valence electrons. The molecule has 0 fully saturated rings. The van der Waals surface area contributed by atoms with Gasteiger partial charge in [-0.3, -0.25) is 0 Å². The second-order valence-electron chi connectivity index (χ2n) is 13.3. The maximum atomic E-state index is 2.44. The third-order valence-corrected chi connectivity index (χ3v) is 10.4. The van der Waals surface area contributed by atoms with Gasteiger partial charge in [-0.05, 0) is 69.8 Å². The summed E-state index contributed by atoms with van der Waals surface area (Å²) in [5.74, 6) is 0. The molecule has 0 saturated carbocycles. The number of fused-ring (bicyclic) bond motifs is 6. The van der Waals surface area contributed by atoms with Gasteiger partial charge in [-0.25, -0.2) is 0 Å². The molecular weight excluding hydrogens is 629 g/mol. The minimum atomic E-state index is 1.10. The average Bonchev–Trinajstić information content (AvgIpc) is 3.56. The van der Waals surface area contributed by atoms with E-state index in [-0.39, 0.29) is 0 Å². The molecule has 0 radical (unpaired) electrons. The van der Waals surface area contributed by atoms with Crippen molar-refractivity contribution in [2.75, 3.05) is 4.90 Å². The zero-order valence-corrected chi connectivity index (χ0v) is 28.5. The van der Waals surface area contributed by atoms with E-state index in [9.17, 15) is 0 Å². The van der Waals surface area contributed by atoms with Crippen molar-refractivity contribution in [1.82, 2.24) is 4.57 Å². The molecule has 0 atom stereocenters. The fraction of sp³-hybridized carbons (Fsp3) is 0. The van der Waals surface area contributed by atoms with E-state index in [1.54, 1.807) is 0 Å². The molecule has 9 aromatic carbocycles. The number of aromatic nitrogens is 1. The number of hydrogen-bond acceptors (Lipinski definition) is 1. The highest BCUT2D eigenvalue weighted by Gasteiger charge is 2.21. The summed E-state index contributed by atoms with van der Waals surface area (Å²) >= 11 is 0. The Bertz CT molecular complexity index is 2850. The Kier molecular flexibility index (Phi) is 7.18. The van der Waals surface area contributed by atoms with Crippen LogP contribution in [0.5, 0.6) is 0 Å². The van der Waals surface area contributed by atoms with Gasteiger partial charge in [0.2, 0.25) is 0 Å². The first-order chi connectivity index (χ1) is 25.8. The van der Waals surface area contributed by atoms with Gasteiger partial charge in [0, 0.05) is 33.0 Å². The average molecular weight is 663 g/mol. The predicted octanol–water partition coefficient (Wildman–Crippen LogP) is 13.9. The van der Waals surface area contributed by atoms with Crippen molar-refractivity contribution in [2.45, 2.75) is 0 Å². The second kappa shape index (κ2) is 12.5. The van der Waals surface area contributed by atoms with Crippen molar-refractivity contribution in [2.24, 2.45) is 0 Å². The van der Waals surface area contributed by atoms with Crippen LogP contribution in [0.15, 0.2) is 206 Å². The number of hydrogen-bond donors (Lipinski definition) is 0. The van der Waals surface area contributed by atoms with Crippen molar-refractivity contribution in [3.63, 3.8) is 0 Å². The molecule has 0 N–H and O–H groups in total. The molecule has 52 heavy (non-hydrogen) atoms. The molecule has 10 aromatic rings. The van der Waals surface area contributed by atoms with Crippen LogP contribution in [-0.4, -0.2) is 4.57 Å². The third kappa shape index (κ3) is 4.88. The summed E-state index contributed by atoms with van der Waals surface area (Å²) < 4.78 is 2.41. The minimum Gasteiger partial charge on any atom is -0.309 e. The van der Waals surface area contributed by atoms with Crippen LogP contribution in [0.1, 0.15) is 0 Å². The number of benzene rings is 9. The summed E-state index contributed by atoms with van der Waals surface area (Å²) in [6.07, 6.45) is 0. The Balaban J connectivity index is 1.18. The van der Waals surface area contributed by atoms with Crippen LogP contribution in [-0.2, 0) is 0 Å². The van der Waals surface area contributed by atoms with E-state index in [0.717, 1.165) is 17.1 Å². The van der Waals surface area contributed by atoms with Crippen molar-refractivity contribution >= 4 is 60.4 Å². The molecule has 1 aromatic heterocycles. The molecule has 2 nitrogen and oxygen atoms in total. The van der Waals surface area contributed by atoms with Gasteiger partial charge in [0.1, 0.15) is 0 Å². The summed E-state index contributed by atoms with van der Waals surface area (Å²) in [5.41, 5.74) is 11.7. The first-order valence-corrected chi connectivity index (χ1v) is 17.9. The van der Waals surface area contributed by atoms with Crippen LogP contribution in [0.25, 0.3) is 71.3 Å². The molecule has 0 bridgehead atoms. The lowest BCUT2D eigenvalue weighted by Gasteiger charge is -2.30. The zero-order chi connectivity index (χ0) is 34.4. The van der Waals surface area contributed by atoms with Crippen LogP contribution in [0.2, 0.25) is 0 Å². The van der Waals surface area contributed by atoms with Gasteiger partial charge < -0.3 is 9.47 Å². The molecule has 0 spiro atoms. The quantitative estimate of drug-likeness (QED) is 0.161. The van der Waals surface area contributed by atoms with Crippen molar-refractivity contribution in [3.8, 4) is 27.9 Å². The summed E-state index contributed by atoms with van der Waals surface area (Å²) in [4.78, 5) is 2.44. The monoisotopic (exact) mass is 662 g/mol. The second-order valence-corrected chi connectivity index (χ2v) is 13.3. The van der Waals surface area contributed by atoms with E-state index in [2.05, 4.69) is 216 Å². The predicted molar refractivity (Wildman–Crippen MR) is 221 cm³/mol. The molecular formula is C50H34N2. The molecule has 0 aliphatic carbocycles. The summed E-state index contributed by atoms with van der Waals surface area (Å²) in [7, 11) is 0. The summed E-state index contributed by atoms with van der Waals surface area (Å²) in [5, 5.41) is 7.46. The number of para-hydroxylation sites is 4. The maximum Gasteiger partial charge on any atom is 0.0546 e. The first kappa shape index (κ1) is 30.0. The molecule has 0 aliphatic heterocycles. The van der Waals surface area contributed by atoms with Gasteiger partial charge in [-0.15, -0.1) is 0 Å². The Morgan fingerprint density at radius 2 is 0.846 bits per heavy atom. The fourth-order valence-corrected chi connectivity index (χ4v) is 8.04. The van der Waals surface area contributed by atoms with Gasteiger partial charge in [0.15, 0.2) is 0 Å². The van der Waals surface area contributed by atoms with Crippen LogP contribution in [0.3, 0.4) is 0 Å². The van der Waals surface area contributed by atoms with E-state index in [4.69, 9.17) is 0 Å². The van der Waals surface area contributed by atoms with Gasteiger partial charge in [-0.2, -0.15) is 0 Å². The van der Waals surface area contributed by atoms with Crippen LogP contribution >= 0.6 is 0 Å².